The van der Waals surface area contributed by atoms with Crippen LogP contribution in [-0.4, -0.2) is 24.2 Å². The number of ether oxygens (including phenoxy) is 1. The lowest BCUT2D eigenvalue weighted by Crippen LogP contribution is -2.37. The normalized spacial score (nSPS) is 12.6. The molecule has 1 atom stereocenters. The summed E-state index contributed by atoms with van der Waals surface area (Å²) in [7, 11) is 0. The van der Waals surface area contributed by atoms with Crippen molar-refractivity contribution < 1.29 is 4.74 Å². The Bertz CT molecular complexity index is 306. The van der Waals surface area contributed by atoms with E-state index in [-0.39, 0.29) is 6.04 Å². The van der Waals surface area contributed by atoms with Gasteiger partial charge in [-0.2, -0.15) is 0 Å². The van der Waals surface area contributed by atoms with E-state index in [0.717, 1.165) is 25.0 Å². The molecule has 1 aromatic rings. The Balaban J connectivity index is 2.46. The molecular weight excluding hydrogens is 204 g/mol. The van der Waals surface area contributed by atoms with E-state index in [0.29, 0.717) is 12.4 Å². The van der Waals surface area contributed by atoms with Crippen molar-refractivity contribution in [2.45, 2.75) is 25.8 Å². The number of hydrogen-bond acceptors (Lipinski definition) is 5. The van der Waals surface area contributed by atoms with Crippen molar-refractivity contribution >= 4 is 5.82 Å². The van der Waals surface area contributed by atoms with Crippen molar-refractivity contribution in [3.8, 4) is 0 Å². The van der Waals surface area contributed by atoms with Crippen LogP contribution in [0.15, 0.2) is 18.3 Å². The molecule has 16 heavy (non-hydrogen) atoms. The summed E-state index contributed by atoms with van der Waals surface area (Å²) in [5.41, 5.74) is 9.56. The quantitative estimate of drug-likeness (QED) is 0.356. The minimum Gasteiger partial charge on any atom is -0.383 e. The predicted molar refractivity (Wildman–Crippen MR) is 64.6 cm³/mol. The highest BCUT2D eigenvalue weighted by molar-refractivity contribution is 5.38. The third-order valence-corrected chi connectivity index (χ3v) is 2.44. The number of pyridine rings is 1. The van der Waals surface area contributed by atoms with Crippen molar-refractivity contribution in [3.63, 3.8) is 0 Å². The lowest BCUT2D eigenvalue weighted by Gasteiger charge is -2.16. The first-order valence-corrected chi connectivity index (χ1v) is 5.51. The third kappa shape index (κ3) is 4.14. The van der Waals surface area contributed by atoms with Gasteiger partial charge >= 0.3 is 0 Å². The van der Waals surface area contributed by atoms with Crippen molar-refractivity contribution in [3.05, 3.63) is 23.9 Å². The Hall–Kier alpha value is -1.17. The predicted octanol–water partition coefficient (Wildman–Crippen LogP) is 0.465. The van der Waals surface area contributed by atoms with Gasteiger partial charge in [-0.25, -0.2) is 4.98 Å². The van der Waals surface area contributed by atoms with E-state index in [9.17, 15) is 0 Å². The highest BCUT2D eigenvalue weighted by Gasteiger charge is 2.09. The average molecular weight is 224 g/mol. The first kappa shape index (κ1) is 12.9. The van der Waals surface area contributed by atoms with Crippen LogP contribution in [0.1, 0.15) is 18.9 Å². The van der Waals surface area contributed by atoms with Crippen molar-refractivity contribution in [1.82, 2.24) is 10.4 Å². The Morgan fingerprint density at radius 3 is 3.00 bits per heavy atom. The number of nitrogens with zero attached hydrogens (tertiary/aromatic N) is 1. The minimum atomic E-state index is 0.165. The van der Waals surface area contributed by atoms with Gasteiger partial charge < -0.3 is 10.5 Å². The van der Waals surface area contributed by atoms with Crippen LogP contribution in [0.4, 0.5) is 5.82 Å². The maximum Gasteiger partial charge on any atom is 0.126 e. The molecule has 5 N–H and O–H groups in total. The van der Waals surface area contributed by atoms with Gasteiger partial charge in [0, 0.05) is 25.5 Å². The topological polar surface area (TPSA) is 86.2 Å². The van der Waals surface area contributed by atoms with E-state index < -0.39 is 0 Å². The number of nitrogen functional groups attached to an aromatic ring is 1. The van der Waals surface area contributed by atoms with Gasteiger partial charge in [0.1, 0.15) is 5.82 Å². The molecule has 0 aromatic carbocycles. The molecule has 90 valence electrons. The lowest BCUT2D eigenvalue weighted by atomic mass is 10.1. The number of hydrogen-bond donors (Lipinski definition) is 3. The van der Waals surface area contributed by atoms with Gasteiger partial charge in [-0.15, -0.1) is 0 Å². The Morgan fingerprint density at radius 1 is 1.56 bits per heavy atom. The van der Waals surface area contributed by atoms with Crippen LogP contribution in [0.3, 0.4) is 0 Å². The second-order valence-electron chi connectivity index (χ2n) is 3.60. The summed E-state index contributed by atoms with van der Waals surface area (Å²) < 4.78 is 5.29. The maximum atomic E-state index is 5.77. The van der Waals surface area contributed by atoms with E-state index in [4.69, 9.17) is 16.3 Å². The van der Waals surface area contributed by atoms with Gasteiger partial charge in [0.25, 0.3) is 0 Å². The van der Waals surface area contributed by atoms with E-state index in [1.165, 1.54) is 0 Å². The molecule has 0 aliphatic carbocycles. The van der Waals surface area contributed by atoms with Crippen LogP contribution < -0.4 is 17.0 Å². The van der Waals surface area contributed by atoms with Crippen molar-refractivity contribution in [2.24, 2.45) is 5.84 Å². The molecule has 5 nitrogen and oxygen atoms in total. The first-order chi connectivity index (χ1) is 7.77. The Kier molecular flexibility index (Phi) is 5.77. The second kappa shape index (κ2) is 7.16. The number of hydrazine groups is 1. The number of nitrogens with two attached hydrogens (primary N) is 2. The van der Waals surface area contributed by atoms with Gasteiger partial charge in [-0.05, 0) is 31.4 Å². The fourth-order valence-corrected chi connectivity index (χ4v) is 1.50. The van der Waals surface area contributed by atoms with Gasteiger partial charge in [0.15, 0.2) is 0 Å². The fraction of sp³-hybridized carbons (Fsp3) is 0.545. The molecule has 0 aliphatic heterocycles. The van der Waals surface area contributed by atoms with Gasteiger partial charge in [0.2, 0.25) is 0 Å². The summed E-state index contributed by atoms with van der Waals surface area (Å²) >= 11 is 0. The van der Waals surface area contributed by atoms with E-state index >= 15 is 0 Å². The summed E-state index contributed by atoms with van der Waals surface area (Å²) in [6.07, 6.45) is 3.31. The molecule has 0 spiro atoms. The Labute approximate surface area is 96.2 Å². The zero-order valence-electron chi connectivity index (χ0n) is 9.65. The molecule has 0 aliphatic rings. The summed E-state index contributed by atoms with van der Waals surface area (Å²) in [5.74, 6) is 6.05. The number of nitrogens with one attached hydrogen (secondary N) is 1. The van der Waals surface area contributed by atoms with Crippen molar-refractivity contribution in [1.29, 1.82) is 0 Å². The first-order valence-electron chi connectivity index (χ1n) is 5.51. The molecule has 0 saturated heterocycles. The molecule has 1 unspecified atom stereocenters. The molecule has 0 amide bonds. The summed E-state index contributed by atoms with van der Waals surface area (Å²) in [6.45, 7) is 3.40. The molecule has 0 bridgehead atoms. The summed E-state index contributed by atoms with van der Waals surface area (Å²) in [6, 6.07) is 4.01. The number of aromatic nitrogens is 1. The molecule has 5 heteroatoms. The molecule has 0 saturated carbocycles. The highest BCUT2D eigenvalue weighted by Crippen LogP contribution is 2.11. The van der Waals surface area contributed by atoms with Crippen molar-refractivity contribution in [2.75, 3.05) is 18.9 Å². The average Bonchev–Trinajstić information content (AvgIpc) is 2.30. The number of rotatable bonds is 7. The SMILES string of the molecule is CCOCCC(Cc1cccnc1N)NN. The fourth-order valence-electron chi connectivity index (χ4n) is 1.50. The third-order valence-electron chi connectivity index (χ3n) is 2.44. The molecule has 0 fully saturated rings. The van der Waals surface area contributed by atoms with E-state index in [1.54, 1.807) is 6.20 Å². The maximum absolute atomic E-state index is 5.77. The lowest BCUT2D eigenvalue weighted by molar-refractivity contribution is 0.136. The van der Waals surface area contributed by atoms with Gasteiger partial charge in [-0.3, -0.25) is 11.3 Å². The van der Waals surface area contributed by atoms with Crippen LogP contribution in [-0.2, 0) is 11.2 Å². The summed E-state index contributed by atoms with van der Waals surface area (Å²) in [5, 5.41) is 0. The molecule has 1 heterocycles. The van der Waals surface area contributed by atoms with E-state index in [1.807, 2.05) is 19.1 Å². The smallest absolute Gasteiger partial charge is 0.126 e. The molecule has 1 aromatic heterocycles. The zero-order valence-corrected chi connectivity index (χ0v) is 9.65. The van der Waals surface area contributed by atoms with Crippen LogP contribution in [0.25, 0.3) is 0 Å². The Morgan fingerprint density at radius 2 is 2.38 bits per heavy atom. The van der Waals surface area contributed by atoms with Crippen LogP contribution >= 0.6 is 0 Å². The summed E-state index contributed by atoms with van der Waals surface area (Å²) in [4.78, 5) is 4.04. The largest absolute Gasteiger partial charge is 0.383 e. The number of anilines is 1. The van der Waals surface area contributed by atoms with Gasteiger partial charge in [-0.1, -0.05) is 6.07 Å². The monoisotopic (exact) mass is 224 g/mol. The second-order valence-corrected chi connectivity index (χ2v) is 3.60. The van der Waals surface area contributed by atoms with Crippen LogP contribution in [0.5, 0.6) is 0 Å². The molecule has 0 radical (unpaired) electrons. The zero-order chi connectivity index (χ0) is 11.8. The van der Waals surface area contributed by atoms with Crippen LogP contribution in [0, 0.1) is 0 Å². The molecule has 1 rings (SSSR count). The minimum absolute atomic E-state index is 0.165. The van der Waals surface area contributed by atoms with Crippen LogP contribution in [0.2, 0.25) is 0 Å². The van der Waals surface area contributed by atoms with Gasteiger partial charge in [0.05, 0.1) is 0 Å². The van der Waals surface area contributed by atoms with E-state index in [2.05, 4.69) is 10.4 Å². The molecular formula is C11H20N4O. The standard InChI is InChI=1S/C11H20N4O/c1-2-16-7-5-10(15-13)8-9-4-3-6-14-11(9)12/h3-4,6,10,15H,2,5,7-8,13H2,1H3,(H2,12,14). The highest BCUT2D eigenvalue weighted by atomic mass is 16.5.